The van der Waals surface area contributed by atoms with Crippen molar-refractivity contribution in [1.82, 2.24) is 10.6 Å². The summed E-state index contributed by atoms with van der Waals surface area (Å²) >= 11 is 2.07. The van der Waals surface area contributed by atoms with Crippen LogP contribution in [-0.4, -0.2) is 63.7 Å². The predicted molar refractivity (Wildman–Crippen MR) is 104 cm³/mol. The van der Waals surface area contributed by atoms with Crippen LogP contribution < -0.4 is 15.8 Å². The molecule has 0 aliphatic rings. The molecule has 0 aliphatic heterocycles. The Kier molecular flexibility index (Phi) is 10.8. The Balaban J connectivity index is 4.58. The van der Waals surface area contributed by atoms with E-state index in [4.69, 9.17) is 5.14 Å². The number of thiol groups is 2. The normalized spacial score (nSPS) is 15.5. The van der Waals surface area contributed by atoms with Gasteiger partial charge in [-0.1, -0.05) is 13.8 Å². The van der Waals surface area contributed by atoms with E-state index < -0.39 is 44.6 Å². The molecular formula is C14H28N4O6S2. The van der Waals surface area contributed by atoms with E-state index in [0.29, 0.717) is 12.3 Å². The molecule has 0 aromatic carbocycles. The molecular weight excluding hydrogens is 384 g/mol. The van der Waals surface area contributed by atoms with Crippen LogP contribution in [0.5, 0.6) is 0 Å². The van der Waals surface area contributed by atoms with Crippen molar-refractivity contribution < 1.29 is 24.4 Å². The highest BCUT2D eigenvalue weighted by Gasteiger charge is 2.37. The molecule has 0 bridgehead atoms. The fourth-order valence-electron chi connectivity index (χ4n) is 1.97. The Morgan fingerprint density at radius 3 is 2.38 bits per heavy atom. The van der Waals surface area contributed by atoms with Crippen LogP contribution in [0.15, 0.2) is 0 Å². The molecule has 5 N–H and O–H groups in total. The first-order valence-electron chi connectivity index (χ1n) is 7.97. The van der Waals surface area contributed by atoms with Gasteiger partial charge in [-0.3, -0.25) is 29.6 Å². The molecule has 0 rings (SSSR count). The van der Waals surface area contributed by atoms with Gasteiger partial charge in [0.25, 0.3) is 11.2 Å². The van der Waals surface area contributed by atoms with Crippen molar-refractivity contribution >= 4 is 40.6 Å². The Labute approximate surface area is 160 Å². The summed E-state index contributed by atoms with van der Waals surface area (Å²) in [6.45, 7) is 4.70. The number of hydrogen-bond acceptors (Lipinski definition) is 8. The quantitative estimate of drug-likeness (QED) is 0.144. The van der Waals surface area contributed by atoms with Gasteiger partial charge in [-0.05, 0) is 0 Å². The predicted octanol–water partition coefficient (Wildman–Crippen LogP) is -1.01. The number of nitrogens with zero attached hydrogens (tertiary/aromatic N) is 1. The molecule has 2 amide bonds. The summed E-state index contributed by atoms with van der Waals surface area (Å²) in [5.41, 5.74) is -1.06. The van der Waals surface area contributed by atoms with Gasteiger partial charge in [0.15, 0.2) is 0 Å². The molecule has 0 spiro atoms. The van der Waals surface area contributed by atoms with Crippen LogP contribution in [-0.2, 0) is 14.4 Å². The minimum atomic E-state index is -1.88. The average molecular weight is 413 g/mol. The lowest BCUT2D eigenvalue weighted by molar-refractivity contribution is -0.501. The molecule has 0 radical (unpaired) electrons. The molecule has 26 heavy (non-hydrogen) atoms. The van der Waals surface area contributed by atoms with Crippen molar-refractivity contribution in [3.8, 4) is 0 Å². The first-order valence-corrected chi connectivity index (χ1v) is 10.2. The number of hydrogen-bond donors (Lipinski definition) is 6. The lowest BCUT2D eigenvalue weighted by Gasteiger charge is -2.32. The molecule has 0 fully saturated rings. The third kappa shape index (κ3) is 8.34. The zero-order valence-electron chi connectivity index (χ0n) is 15.1. The lowest BCUT2D eigenvalue weighted by Crippen LogP contribution is -2.47. The number of carbonyl (C=O) groups excluding carboxylic acids is 3. The minimum absolute atomic E-state index is 0.0407. The summed E-state index contributed by atoms with van der Waals surface area (Å²) in [5.74, 6) is -0.495. The van der Waals surface area contributed by atoms with Crippen LogP contribution in [0.3, 0.4) is 0 Å². The Morgan fingerprint density at radius 1 is 1.31 bits per heavy atom. The van der Waals surface area contributed by atoms with E-state index in [0.717, 1.165) is 6.92 Å². The Bertz CT molecular complexity index is 532. The lowest BCUT2D eigenvalue weighted by atomic mass is 9.88. The summed E-state index contributed by atoms with van der Waals surface area (Å²) in [7, 11) is 0. The van der Waals surface area contributed by atoms with Gasteiger partial charge < -0.3 is 15.7 Å². The molecule has 3 unspecified atom stereocenters. The molecule has 0 aromatic heterocycles. The third-order valence-electron chi connectivity index (χ3n) is 3.61. The first kappa shape index (κ1) is 24.6. The van der Waals surface area contributed by atoms with Crippen molar-refractivity contribution in [3.05, 3.63) is 10.1 Å². The van der Waals surface area contributed by atoms with Gasteiger partial charge >= 0.3 is 0 Å². The second-order valence-corrected chi connectivity index (χ2v) is 8.58. The maximum atomic E-state index is 12.0. The van der Waals surface area contributed by atoms with E-state index in [-0.39, 0.29) is 24.6 Å². The molecule has 0 aliphatic carbocycles. The zero-order chi connectivity index (χ0) is 20.5. The molecule has 152 valence electrons. The van der Waals surface area contributed by atoms with Gasteiger partial charge in [-0.15, -0.1) is 11.1 Å². The van der Waals surface area contributed by atoms with E-state index in [1.54, 1.807) is 13.8 Å². The van der Waals surface area contributed by atoms with Crippen LogP contribution in [0.1, 0.15) is 27.2 Å². The summed E-state index contributed by atoms with van der Waals surface area (Å²) in [6, 6.07) is -1.43. The highest BCUT2D eigenvalue weighted by Crippen LogP contribution is 2.33. The maximum Gasteiger partial charge on any atom is 0.277 e. The number of amides is 2. The van der Waals surface area contributed by atoms with Crippen LogP contribution in [0.2, 0.25) is 0 Å². The number of aliphatic hydroxyl groups is 1. The molecule has 3 atom stereocenters. The van der Waals surface area contributed by atoms with Crippen molar-refractivity contribution in [2.24, 2.45) is 10.6 Å². The van der Waals surface area contributed by atoms with Gasteiger partial charge in [0, 0.05) is 48.3 Å². The molecule has 0 heterocycles. The van der Waals surface area contributed by atoms with E-state index >= 15 is 0 Å². The highest BCUT2D eigenvalue weighted by molar-refractivity contribution is 8.28. The summed E-state index contributed by atoms with van der Waals surface area (Å²) in [6.07, 6.45) is -1.43. The summed E-state index contributed by atoms with van der Waals surface area (Å²) < 4.78 is 0. The van der Waals surface area contributed by atoms with Gasteiger partial charge in [0.2, 0.25) is 11.8 Å². The smallest absolute Gasteiger partial charge is 0.277 e. The van der Waals surface area contributed by atoms with Crippen LogP contribution >= 0.6 is 23.7 Å². The van der Waals surface area contributed by atoms with Crippen molar-refractivity contribution in [3.63, 3.8) is 0 Å². The minimum Gasteiger partial charge on any atom is -0.383 e. The van der Waals surface area contributed by atoms with Crippen molar-refractivity contribution in [2.75, 3.05) is 24.6 Å². The van der Waals surface area contributed by atoms with E-state index in [9.17, 15) is 29.6 Å². The van der Waals surface area contributed by atoms with Gasteiger partial charge in [0.1, 0.15) is 6.10 Å². The van der Waals surface area contributed by atoms with Gasteiger partial charge in [-0.2, -0.15) is 12.6 Å². The molecule has 0 aromatic rings. The second-order valence-electron chi connectivity index (χ2n) is 6.43. The van der Waals surface area contributed by atoms with Crippen LogP contribution in [0, 0.1) is 15.5 Å². The number of nitro groups is 1. The number of aliphatic hydroxyl groups excluding tert-OH is 1. The monoisotopic (exact) mass is 412 g/mol. The van der Waals surface area contributed by atoms with E-state index in [1.165, 1.54) is 0 Å². The number of nitrogens with one attached hydrogen (secondary N) is 2. The fourth-order valence-corrected chi connectivity index (χ4v) is 3.86. The van der Waals surface area contributed by atoms with Gasteiger partial charge in [-0.25, -0.2) is 0 Å². The summed E-state index contributed by atoms with van der Waals surface area (Å²) in [4.78, 5) is 45.3. The maximum absolute atomic E-state index is 12.0. The van der Waals surface area contributed by atoms with Crippen molar-refractivity contribution in [2.45, 2.75) is 39.3 Å². The highest BCUT2D eigenvalue weighted by atomic mass is 32.2. The Morgan fingerprint density at radius 2 is 1.88 bits per heavy atom. The molecule has 0 saturated heterocycles. The standard InChI is InChI=1S/C14H28N4O6S2/c1-9(18(23)24)13(22)26(15)8-14(2,3)11(20)12(21)17-5-4-10(19)16-6-7-25/h9,11,20,25-26H,4-8,15H2,1-3H3,(H,16,19)(H,17,21). The SMILES string of the molecule is CC(C(=O)[SH](N)CC(C)(C)C(O)C(=O)NCCC(=O)NCCS)[N+](=O)[O-]. The number of rotatable bonds is 11. The van der Waals surface area contributed by atoms with Crippen LogP contribution in [0.25, 0.3) is 0 Å². The zero-order valence-corrected chi connectivity index (χ0v) is 16.9. The topological polar surface area (TPSA) is 165 Å². The largest absolute Gasteiger partial charge is 0.383 e. The molecule has 0 saturated carbocycles. The Hall–Kier alpha value is -1.37. The first-order chi connectivity index (χ1) is 11.9. The van der Waals surface area contributed by atoms with Gasteiger partial charge in [0.05, 0.1) is 0 Å². The average Bonchev–Trinajstić information content (AvgIpc) is 2.56. The third-order valence-corrected chi connectivity index (χ3v) is 5.93. The fraction of sp³-hybridized carbons (Fsp3) is 0.786. The van der Waals surface area contributed by atoms with Crippen LogP contribution in [0.4, 0.5) is 0 Å². The number of nitrogens with two attached hydrogens (primary N) is 1. The van der Waals surface area contributed by atoms with E-state index in [1.807, 2.05) is 0 Å². The summed E-state index contributed by atoms with van der Waals surface area (Å²) in [5, 5.41) is 31.0. The second kappa shape index (κ2) is 11.4. The number of carbonyl (C=O) groups is 3. The van der Waals surface area contributed by atoms with Crippen molar-refractivity contribution in [1.29, 1.82) is 0 Å². The van der Waals surface area contributed by atoms with E-state index in [2.05, 4.69) is 23.3 Å². The molecule has 12 heteroatoms. The molecule has 10 nitrogen and oxygen atoms in total.